The largest absolute Gasteiger partial charge is 0.325 e. The van der Waals surface area contributed by atoms with Crippen molar-refractivity contribution >= 4 is 21.8 Å². The molecule has 0 bridgehead atoms. The Balaban J connectivity index is 1.79. The van der Waals surface area contributed by atoms with Gasteiger partial charge in [0.1, 0.15) is 15.4 Å². The summed E-state index contributed by atoms with van der Waals surface area (Å²) in [5, 5.41) is 2.86. The van der Waals surface area contributed by atoms with Crippen molar-refractivity contribution in [2.45, 2.75) is 36.8 Å². The maximum Gasteiger partial charge on any atom is 0.325 e. The van der Waals surface area contributed by atoms with Crippen LogP contribution in [-0.4, -0.2) is 68.3 Å². The van der Waals surface area contributed by atoms with Gasteiger partial charge in [-0.1, -0.05) is 30.3 Å². The van der Waals surface area contributed by atoms with Crippen molar-refractivity contribution in [3.05, 3.63) is 35.9 Å². The van der Waals surface area contributed by atoms with Crippen LogP contribution in [0.15, 0.2) is 30.3 Å². The molecule has 148 valence electrons. The highest BCUT2D eigenvalue weighted by Crippen LogP contribution is 2.46. The molecule has 1 aromatic rings. The van der Waals surface area contributed by atoms with Gasteiger partial charge in [0.05, 0.1) is 5.75 Å². The lowest BCUT2D eigenvalue weighted by atomic mass is 9.68. The molecular weight excluding hydrogens is 366 g/mol. The molecular formula is C19H27N3O4S. The average Bonchev–Trinajstić information content (AvgIpc) is 2.84. The molecule has 3 amide bonds. The van der Waals surface area contributed by atoms with Crippen LogP contribution >= 0.6 is 0 Å². The zero-order valence-electron chi connectivity index (χ0n) is 16.1. The Labute approximate surface area is 160 Å². The molecule has 27 heavy (non-hydrogen) atoms. The molecule has 0 radical (unpaired) electrons. The van der Waals surface area contributed by atoms with Crippen molar-refractivity contribution in [3.63, 3.8) is 0 Å². The third-order valence-corrected chi connectivity index (χ3v) is 6.95. The number of urea groups is 1. The third kappa shape index (κ3) is 3.60. The molecule has 7 nitrogen and oxygen atoms in total. The summed E-state index contributed by atoms with van der Waals surface area (Å²) >= 11 is 0. The first kappa shape index (κ1) is 19.8. The van der Waals surface area contributed by atoms with Gasteiger partial charge in [-0.2, -0.15) is 0 Å². The van der Waals surface area contributed by atoms with Crippen molar-refractivity contribution < 1.29 is 18.0 Å². The highest BCUT2D eigenvalue weighted by atomic mass is 32.2. The van der Waals surface area contributed by atoms with E-state index in [2.05, 4.69) is 22.3 Å². The van der Waals surface area contributed by atoms with Gasteiger partial charge in [0, 0.05) is 18.3 Å². The minimum atomic E-state index is -3.25. The summed E-state index contributed by atoms with van der Waals surface area (Å²) in [6.45, 7) is -0.0945. The predicted octanol–water partition coefficient (Wildman–Crippen LogP) is 1.35. The quantitative estimate of drug-likeness (QED) is 0.763. The lowest BCUT2D eigenvalue weighted by Gasteiger charge is -2.48. The maximum absolute atomic E-state index is 13.0. The highest BCUT2D eigenvalue weighted by Gasteiger charge is 2.55. The van der Waals surface area contributed by atoms with Crippen molar-refractivity contribution in [3.8, 4) is 0 Å². The summed E-state index contributed by atoms with van der Waals surface area (Å²) in [7, 11) is 0.833. The van der Waals surface area contributed by atoms with Gasteiger partial charge in [0.2, 0.25) is 0 Å². The number of rotatable bonds is 5. The van der Waals surface area contributed by atoms with Crippen LogP contribution in [0.1, 0.15) is 31.2 Å². The van der Waals surface area contributed by atoms with E-state index in [9.17, 15) is 18.0 Å². The molecule has 0 aromatic heterocycles. The Bertz CT molecular complexity index is 828. The number of sulfone groups is 1. The molecule has 1 aliphatic carbocycles. The lowest BCUT2D eigenvalue weighted by molar-refractivity contribution is -0.133. The number of hydrogen-bond donors (Lipinski definition) is 1. The summed E-state index contributed by atoms with van der Waals surface area (Å²) in [6.07, 6.45) is 3.62. The number of carbonyl (C=O) groups is 2. The normalized spacial score (nSPS) is 28.8. The molecule has 1 heterocycles. The van der Waals surface area contributed by atoms with Gasteiger partial charge in [0.15, 0.2) is 0 Å². The van der Waals surface area contributed by atoms with Crippen LogP contribution in [-0.2, 0) is 20.2 Å². The topological polar surface area (TPSA) is 86.8 Å². The summed E-state index contributed by atoms with van der Waals surface area (Å²) in [6, 6.07) is 9.73. The van der Waals surface area contributed by atoms with E-state index in [0.717, 1.165) is 24.0 Å². The molecule has 1 aliphatic heterocycles. The number of imide groups is 1. The first-order valence-electron chi connectivity index (χ1n) is 9.14. The number of benzene rings is 1. The van der Waals surface area contributed by atoms with Gasteiger partial charge < -0.3 is 5.32 Å². The second-order valence-corrected chi connectivity index (χ2v) is 10.2. The molecule has 0 unspecified atom stereocenters. The van der Waals surface area contributed by atoms with Crippen molar-refractivity contribution in [1.82, 2.24) is 15.1 Å². The second-order valence-electron chi connectivity index (χ2n) is 7.89. The van der Waals surface area contributed by atoms with Gasteiger partial charge in [-0.05, 0) is 45.3 Å². The predicted molar refractivity (Wildman–Crippen MR) is 103 cm³/mol. The van der Waals surface area contributed by atoms with Crippen LogP contribution in [0.3, 0.4) is 0 Å². The van der Waals surface area contributed by atoms with Gasteiger partial charge in [0.25, 0.3) is 5.91 Å². The number of hydrogen-bond acceptors (Lipinski definition) is 5. The molecule has 8 heteroatoms. The minimum absolute atomic E-state index is 0.0945. The highest BCUT2D eigenvalue weighted by molar-refractivity contribution is 7.90. The zero-order valence-corrected chi connectivity index (χ0v) is 16.9. The SMILES string of the molecule is CN(C)C1(c2ccccc2)CCC2(CC1)NC(=O)N(CCS(C)(=O)=O)C2=O. The number of carbonyl (C=O) groups excluding carboxylic acids is 2. The van der Waals surface area contributed by atoms with Crippen molar-refractivity contribution in [1.29, 1.82) is 0 Å². The number of nitrogens with one attached hydrogen (secondary N) is 1. The van der Waals surface area contributed by atoms with Gasteiger partial charge in [-0.25, -0.2) is 13.2 Å². The smallest absolute Gasteiger partial charge is 0.323 e. The Morgan fingerprint density at radius 3 is 2.19 bits per heavy atom. The van der Waals surface area contributed by atoms with E-state index in [-0.39, 0.29) is 23.7 Å². The minimum Gasteiger partial charge on any atom is -0.323 e. The average molecular weight is 394 g/mol. The fourth-order valence-electron chi connectivity index (χ4n) is 4.31. The third-order valence-electron chi connectivity index (χ3n) is 6.03. The van der Waals surface area contributed by atoms with Crippen molar-refractivity contribution in [2.24, 2.45) is 0 Å². The summed E-state index contributed by atoms with van der Waals surface area (Å²) in [4.78, 5) is 28.5. The Morgan fingerprint density at radius 2 is 1.67 bits per heavy atom. The van der Waals surface area contributed by atoms with E-state index >= 15 is 0 Å². The van der Waals surface area contributed by atoms with Gasteiger partial charge in [-0.3, -0.25) is 14.6 Å². The number of nitrogens with zero attached hydrogens (tertiary/aromatic N) is 2. The maximum atomic E-state index is 13.0. The van der Waals surface area contributed by atoms with Crippen LogP contribution < -0.4 is 5.32 Å². The Kier molecular flexibility index (Phi) is 5.07. The zero-order chi connectivity index (χ0) is 19.9. The van der Waals surface area contributed by atoms with E-state index in [1.165, 1.54) is 5.56 Å². The fourth-order valence-corrected chi connectivity index (χ4v) is 4.82. The van der Waals surface area contributed by atoms with E-state index < -0.39 is 21.4 Å². The molecule has 1 saturated heterocycles. The molecule has 1 saturated carbocycles. The monoisotopic (exact) mass is 393 g/mol. The van der Waals surface area contributed by atoms with Crippen LogP contribution in [0.4, 0.5) is 4.79 Å². The van der Waals surface area contributed by atoms with Crippen LogP contribution in [0, 0.1) is 0 Å². The fraction of sp³-hybridized carbons (Fsp3) is 0.579. The standard InChI is InChI=1S/C19H27N3O4S/c1-21(2)19(15-7-5-4-6-8-15)11-9-18(10-12-19)16(23)22(17(24)20-18)13-14-27(3,25)26/h4-8H,9-14H2,1-3H3,(H,20,24). The molecule has 2 fully saturated rings. The molecule has 2 aliphatic rings. The summed E-state index contributed by atoms with van der Waals surface area (Å²) in [5.41, 5.74) is 0.108. The molecule has 0 atom stereocenters. The Hall–Kier alpha value is -1.93. The molecule has 3 rings (SSSR count). The van der Waals surface area contributed by atoms with Gasteiger partial charge in [-0.15, -0.1) is 0 Å². The van der Waals surface area contributed by atoms with Crippen LogP contribution in [0.5, 0.6) is 0 Å². The van der Waals surface area contributed by atoms with E-state index in [1.807, 2.05) is 32.3 Å². The van der Waals surface area contributed by atoms with E-state index in [0.29, 0.717) is 12.8 Å². The Morgan fingerprint density at radius 1 is 1.07 bits per heavy atom. The lowest BCUT2D eigenvalue weighted by Crippen LogP contribution is -2.55. The molecule has 1 N–H and O–H groups in total. The number of amides is 3. The molecule has 1 spiro atoms. The molecule has 1 aromatic carbocycles. The van der Waals surface area contributed by atoms with Crippen LogP contribution in [0.25, 0.3) is 0 Å². The van der Waals surface area contributed by atoms with E-state index in [4.69, 9.17) is 0 Å². The van der Waals surface area contributed by atoms with Gasteiger partial charge >= 0.3 is 6.03 Å². The summed E-state index contributed by atoms with van der Waals surface area (Å²) in [5.74, 6) is -0.509. The second kappa shape index (κ2) is 6.91. The van der Waals surface area contributed by atoms with Crippen LogP contribution in [0.2, 0.25) is 0 Å². The van der Waals surface area contributed by atoms with E-state index in [1.54, 1.807) is 0 Å². The van der Waals surface area contributed by atoms with Crippen molar-refractivity contribution in [2.75, 3.05) is 32.6 Å². The first-order chi connectivity index (χ1) is 12.6. The summed E-state index contributed by atoms with van der Waals surface area (Å²) < 4.78 is 22.8. The first-order valence-corrected chi connectivity index (χ1v) is 11.2.